The summed E-state index contributed by atoms with van der Waals surface area (Å²) in [5, 5.41) is 0. The minimum atomic E-state index is -3.48. The highest BCUT2D eigenvalue weighted by Crippen LogP contribution is 2.68. The third-order valence-corrected chi connectivity index (χ3v) is 12.4. The number of allylic oxidation sites excluding steroid dienone is 1. The van der Waals surface area contributed by atoms with E-state index >= 15 is 0 Å². The first-order valence-corrected chi connectivity index (χ1v) is 15.8. The predicted molar refractivity (Wildman–Crippen MR) is 157 cm³/mol. The monoisotopic (exact) mass is 542 g/mol. The second-order valence-corrected chi connectivity index (χ2v) is 14.4. The van der Waals surface area contributed by atoms with Gasteiger partial charge < -0.3 is 16.2 Å². The lowest BCUT2D eigenvalue weighted by atomic mass is 9.44. The minimum Gasteiger partial charge on any atom is -0.437 e. The van der Waals surface area contributed by atoms with Crippen LogP contribution in [0.3, 0.4) is 0 Å². The largest absolute Gasteiger partial charge is 0.437 e. The number of hydrogen-bond acceptors (Lipinski definition) is 3. The zero-order chi connectivity index (χ0) is 28.0. The third-order valence-electron chi connectivity index (χ3n) is 12.4. The third kappa shape index (κ3) is 5.33. The number of nitrogen functional groups attached to an aromatic ring is 2. The molecule has 1 unspecified atom stereocenters. The lowest BCUT2D eigenvalue weighted by Gasteiger charge is -2.61. The van der Waals surface area contributed by atoms with Crippen LogP contribution in [-0.2, 0) is 10.8 Å². The van der Waals surface area contributed by atoms with Crippen molar-refractivity contribution in [3.05, 3.63) is 35.6 Å². The van der Waals surface area contributed by atoms with Crippen LogP contribution in [0.15, 0.2) is 30.0 Å². The smallest absolute Gasteiger partial charge is 0.428 e. The molecule has 0 aromatic heterocycles. The zero-order valence-electron chi connectivity index (χ0n) is 24.8. The minimum absolute atomic E-state index is 0.0573. The van der Waals surface area contributed by atoms with Crippen molar-refractivity contribution in [3.8, 4) is 0 Å². The molecule has 4 saturated carbocycles. The van der Waals surface area contributed by atoms with Gasteiger partial charge in [0.15, 0.2) is 0 Å². The number of anilines is 2. The van der Waals surface area contributed by atoms with Crippen molar-refractivity contribution in [1.29, 1.82) is 0 Å². The van der Waals surface area contributed by atoms with Gasteiger partial charge in [0, 0.05) is 11.4 Å². The molecule has 0 aliphatic heterocycles. The molecule has 0 spiro atoms. The van der Waals surface area contributed by atoms with E-state index in [0.717, 1.165) is 54.4 Å². The molecule has 1 aromatic rings. The van der Waals surface area contributed by atoms with E-state index in [4.69, 9.17) is 16.2 Å². The summed E-state index contributed by atoms with van der Waals surface area (Å²) in [6.07, 6.45) is 15.1. The first-order valence-electron chi connectivity index (χ1n) is 15.8. The summed E-state index contributed by atoms with van der Waals surface area (Å²) in [6.45, 7) is 9.65. The van der Waals surface area contributed by atoms with Crippen molar-refractivity contribution >= 4 is 11.4 Å². The first-order chi connectivity index (χ1) is 18.5. The summed E-state index contributed by atoms with van der Waals surface area (Å²) < 4.78 is 34.1. The van der Waals surface area contributed by atoms with Crippen molar-refractivity contribution in [2.24, 2.45) is 46.3 Å². The van der Waals surface area contributed by atoms with Crippen LogP contribution < -0.4 is 11.5 Å². The second-order valence-electron chi connectivity index (χ2n) is 14.4. The predicted octanol–water partition coefficient (Wildman–Crippen LogP) is 9.68. The SMILES string of the molecule is CC(=COC(F)(F)c1ccc(N)cc1N)CCC[C@@H](C)[C@H]1CC[C@H]2[C@@H]3CCC4CCCC[C@]4(C)[C@H]3CC[C@]12C. The summed E-state index contributed by atoms with van der Waals surface area (Å²) in [5.41, 5.74) is 13.3. The molecule has 5 heteroatoms. The van der Waals surface area contributed by atoms with Crippen LogP contribution in [0, 0.1) is 46.3 Å². The van der Waals surface area contributed by atoms with Crippen molar-refractivity contribution in [2.75, 3.05) is 11.5 Å². The lowest BCUT2D eigenvalue weighted by Crippen LogP contribution is -2.53. The number of nitrogens with two attached hydrogens (primary N) is 2. The maximum Gasteiger partial charge on any atom is 0.428 e. The second kappa shape index (κ2) is 10.9. The molecule has 8 atom stereocenters. The van der Waals surface area contributed by atoms with E-state index in [9.17, 15) is 8.78 Å². The molecule has 3 nitrogen and oxygen atoms in total. The average molecular weight is 543 g/mol. The molecular weight excluding hydrogens is 490 g/mol. The number of halogens is 2. The normalized spacial score (nSPS) is 37.5. The number of ether oxygens (including phenoxy) is 1. The molecule has 1 aromatic carbocycles. The van der Waals surface area contributed by atoms with Gasteiger partial charge in [0.25, 0.3) is 0 Å². The van der Waals surface area contributed by atoms with Gasteiger partial charge in [-0.1, -0.05) is 40.0 Å². The molecule has 5 rings (SSSR count). The quantitative estimate of drug-likeness (QED) is 0.254. The molecule has 4 aliphatic rings. The van der Waals surface area contributed by atoms with E-state index in [1.807, 2.05) is 6.92 Å². The number of benzene rings is 1. The van der Waals surface area contributed by atoms with Gasteiger partial charge in [-0.15, -0.1) is 0 Å². The van der Waals surface area contributed by atoms with E-state index in [-0.39, 0.29) is 11.3 Å². The lowest BCUT2D eigenvalue weighted by molar-refractivity contribution is -0.214. The van der Waals surface area contributed by atoms with Crippen molar-refractivity contribution in [1.82, 2.24) is 0 Å². The van der Waals surface area contributed by atoms with Crippen molar-refractivity contribution in [2.45, 2.75) is 117 Å². The summed E-state index contributed by atoms with van der Waals surface area (Å²) in [5.74, 6) is 5.25. The summed E-state index contributed by atoms with van der Waals surface area (Å²) in [7, 11) is 0. The molecule has 4 fully saturated rings. The fourth-order valence-electron chi connectivity index (χ4n) is 10.3. The fourth-order valence-corrected chi connectivity index (χ4v) is 10.3. The Kier molecular flexibility index (Phi) is 8.03. The molecule has 218 valence electrons. The van der Waals surface area contributed by atoms with E-state index < -0.39 is 6.11 Å². The summed E-state index contributed by atoms with van der Waals surface area (Å²) in [6, 6.07) is 3.99. The highest BCUT2D eigenvalue weighted by atomic mass is 19.3. The fraction of sp³-hybridized carbons (Fsp3) is 0.765. The standard InChI is InChI=1S/C34H52F2N2O/c1-22(21-39-34(35,36)30-14-12-25(37)20-31(30)38)8-7-9-23(2)27-15-16-28-26-13-11-24-10-5-6-18-32(24,3)29(26)17-19-33(27,28)4/h12,14,20-21,23-24,26-29H,5-11,13,15-19,37-38H2,1-4H3/t23-,24?,26+,27-,28+,29+,32+,33-/m1/s1. The summed E-state index contributed by atoms with van der Waals surface area (Å²) in [4.78, 5) is 0. The molecule has 0 bridgehead atoms. The van der Waals surface area contributed by atoms with Gasteiger partial charge in [-0.2, -0.15) is 8.78 Å². The number of hydrogen-bond donors (Lipinski definition) is 2. The molecule has 39 heavy (non-hydrogen) atoms. The molecule has 4 N–H and O–H groups in total. The van der Waals surface area contributed by atoms with Gasteiger partial charge in [-0.3, -0.25) is 0 Å². The summed E-state index contributed by atoms with van der Waals surface area (Å²) >= 11 is 0. The Labute approximate surface area is 235 Å². The van der Waals surface area contributed by atoms with Gasteiger partial charge in [-0.25, -0.2) is 0 Å². The molecule has 0 amide bonds. The average Bonchev–Trinajstić information content (AvgIpc) is 3.24. The number of fused-ring (bicyclic) bond motifs is 5. The van der Waals surface area contributed by atoms with Crippen molar-refractivity contribution < 1.29 is 13.5 Å². The van der Waals surface area contributed by atoms with Crippen LogP contribution in [0.1, 0.15) is 117 Å². The van der Waals surface area contributed by atoms with Crippen LogP contribution in [0.2, 0.25) is 0 Å². The highest BCUT2D eigenvalue weighted by molar-refractivity contribution is 5.57. The number of alkyl halides is 2. The van der Waals surface area contributed by atoms with E-state index in [1.165, 1.54) is 88.7 Å². The van der Waals surface area contributed by atoms with Crippen LogP contribution in [0.4, 0.5) is 20.2 Å². The number of rotatable bonds is 8. The van der Waals surface area contributed by atoms with Crippen LogP contribution >= 0.6 is 0 Å². The van der Waals surface area contributed by atoms with E-state index in [1.54, 1.807) is 0 Å². The van der Waals surface area contributed by atoms with E-state index in [2.05, 4.69) is 20.8 Å². The first kappa shape index (κ1) is 28.7. The Hall–Kier alpha value is -1.78. The maximum absolute atomic E-state index is 14.6. The zero-order valence-corrected chi connectivity index (χ0v) is 24.8. The van der Waals surface area contributed by atoms with E-state index in [0.29, 0.717) is 22.4 Å². The molecule has 0 heterocycles. The molecule has 0 radical (unpaired) electrons. The highest BCUT2D eigenvalue weighted by Gasteiger charge is 2.60. The van der Waals surface area contributed by atoms with Gasteiger partial charge in [0.1, 0.15) is 0 Å². The van der Waals surface area contributed by atoms with Crippen LogP contribution in [0.5, 0.6) is 0 Å². The molecule has 4 aliphatic carbocycles. The Morgan fingerprint density at radius 3 is 2.56 bits per heavy atom. The van der Waals surface area contributed by atoms with Gasteiger partial charge in [-0.05, 0) is 141 Å². The van der Waals surface area contributed by atoms with Crippen LogP contribution in [0.25, 0.3) is 0 Å². The van der Waals surface area contributed by atoms with Gasteiger partial charge >= 0.3 is 6.11 Å². The molecule has 0 saturated heterocycles. The van der Waals surface area contributed by atoms with Crippen LogP contribution in [-0.4, -0.2) is 0 Å². The maximum atomic E-state index is 14.6. The Morgan fingerprint density at radius 1 is 1.03 bits per heavy atom. The Morgan fingerprint density at radius 2 is 1.79 bits per heavy atom. The topological polar surface area (TPSA) is 61.3 Å². The van der Waals surface area contributed by atoms with Gasteiger partial charge in [0.2, 0.25) is 0 Å². The van der Waals surface area contributed by atoms with Crippen molar-refractivity contribution in [3.63, 3.8) is 0 Å². The molecular formula is C34H52F2N2O. The Balaban J connectivity index is 1.15. The Bertz CT molecular complexity index is 1060. The van der Waals surface area contributed by atoms with Gasteiger partial charge in [0.05, 0.1) is 11.8 Å².